The van der Waals surface area contributed by atoms with Crippen LogP contribution in [-0.2, 0) is 0 Å². The first kappa shape index (κ1) is 20.8. The van der Waals surface area contributed by atoms with E-state index in [1.165, 1.54) is 25.0 Å². The molecule has 0 spiro atoms. The summed E-state index contributed by atoms with van der Waals surface area (Å²) in [4.78, 5) is 4.77. The van der Waals surface area contributed by atoms with Gasteiger partial charge in [-0.05, 0) is 67.3 Å². The van der Waals surface area contributed by atoms with Crippen LogP contribution >= 0.6 is 0 Å². The van der Waals surface area contributed by atoms with Gasteiger partial charge in [0.1, 0.15) is 17.7 Å². The van der Waals surface area contributed by atoms with Crippen molar-refractivity contribution in [2.24, 2.45) is 5.92 Å². The Hall–Kier alpha value is -4.11. The summed E-state index contributed by atoms with van der Waals surface area (Å²) >= 11 is 0. The summed E-state index contributed by atoms with van der Waals surface area (Å²) in [7, 11) is 1.63. The molecule has 164 valence electrons. The van der Waals surface area contributed by atoms with E-state index in [1.54, 1.807) is 13.2 Å². The Morgan fingerprint density at radius 1 is 1.12 bits per heavy atom. The van der Waals surface area contributed by atoms with E-state index in [2.05, 4.69) is 0 Å². The van der Waals surface area contributed by atoms with Crippen LogP contribution in [0.15, 0.2) is 60.7 Å². The van der Waals surface area contributed by atoms with Crippen molar-refractivity contribution in [1.29, 1.82) is 5.26 Å². The summed E-state index contributed by atoms with van der Waals surface area (Å²) in [5.41, 5.74) is 3.20. The van der Waals surface area contributed by atoms with Gasteiger partial charge < -0.3 is 9.47 Å². The van der Waals surface area contributed by atoms with Gasteiger partial charge in [0.15, 0.2) is 11.5 Å². The average molecular weight is 439 g/mol. The first-order valence-corrected chi connectivity index (χ1v) is 10.8. The van der Waals surface area contributed by atoms with E-state index in [9.17, 15) is 9.65 Å². The third-order valence-electron chi connectivity index (χ3n) is 5.72. The zero-order chi connectivity index (χ0) is 22.8. The van der Waals surface area contributed by atoms with Gasteiger partial charge in [-0.1, -0.05) is 24.3 Å². The number of nitriles is 1. The molecule has 5 rings (SSSR count). The number of imidazole rings is 1. The molecule has 0 aliphatic heterocycles. The summed E-state index contributed by atoms with van der Waals surface area (Å²) in [5.74, 6) is 2.12. The van der Waals surface area contributed by atoms with Crippen molar-refractivity contribution in [1.82, 2.24) is 9.55 Å². The van der Waals surface area contributed by atoms with Gasteiger partial charge in [-0.15, -0.1) is 0 Å². The predicted molar refractivity (Wildman–Crippen MR) is 126 cm³/mol. The fourth-order valence-corrected chi connectivity index (χ4v) is 3.80. The van der Waals surface area contributed by atoms with Crippen LogP contribution in [0.3, 0.4) is 0 Å². The van der Waals surface area contributed by atoms with Gasteiger partial charge in [0.2, 0.25) is 0 Å². The normalized spacial score (nSPS) is 13.4. The van der Waals surface area contributed by atoms with Gasteiger partial charge >= 0.3 is 0 Å². The molecule has 1 aliphatic rings. The van der Waals surface area contributed by atoms with Crippen LogP contribution in [0.2, 0.25) is 0 Å². The summed E-state index contributed by atoms with van der Waals surface area (Å²) in [6, 6.07) is 19.9. The first-order valence-electron chi connectivity index (χ1n) is 10.8. The van der Waals surface area contributed by atoms with Crippen molar-refractivity contribution in [3.05, 3.63) is 83.4 Å². The standard InChI is InChI=1S/C27H22FN3O2/c1-32-25-8-4-5-19(27(25)33-17-18-9-10-18)11-14-26-30-23-6-2-3-7-24(23)31(26)21-12-13-22(28)20(15-21)16-29/h2-8,11-15,18H,9-10,17H2,1H3. The second-order valence-electron chi connectivity index (χ2n) is 8.04. The topological polar surface area (TPSA) is 60.1 Å². The fraction of sp³-hybridized carbons (Fsp3) is 0.185. The number of ether oxygens (including phenoxy) is 2. The molecule has 0 saturated heterocycles. The number of rotatable bonds is 7. The molecule has 0 radical (unpaired) electrons. The van der Waals surface area contributed by atoms with Crippen molar-refractivity contribution in [3.63, 3.8) is 0 Å². The van der Waals surface area contributed by atoms with Crippen molar-refractivity contribution >= 4 is 23.2 Å². The third kappa shape index (κ3) is 4.18. The summed E-state index contributed by atoms with van der Waals surface area (Å²) in [5, 5.41) is 9.29. The molecule has 4 aromatic rings. The lowest BCUT2D eigenvalue weighted by Gasteiger charge is -2.13. The molecule has 5 nitrogen and oxygen atoms in total. The van der Waals surface area contributed by atoms with Gasteiger partial charge in [0.25, 0.3) is 0 Å². The van der Waals surface area contributed by atoms with Crippen LogP contribution in [0, 0.1) is 23.1 Å². The number of fused-ring (bicyclic) bond motifs is 1. The molecule has 1 heterocycles. The van der Waals surface area contributed by atoms with Crippen LogP contribution in [0.25, 0.3) is 28.9 Å². The van der Waals surface area contributed by atoms with E-state index < -0.39 is 5.82 Å². The largest absolute Gasteiger partial charge is 0.493 e. The maximum Gasteiger partial charge on any atom is 0.168 e. The lowest BCUT2D eigenvalue weighted by Crippen LogP contribution is -2.02. The summed E-state index contributed by atoms with van der Waals surface area (Å²) < 4.78 is 27.5. The van der Waals surface area contributed by atoms with E-state index >= 15 is 0 Å². The Morgan fingerprint density at radius 3 is 2.76 bits per heavy atom. The Labute approximate surface area is 191 Å². The second kappa shape index (κ2) is 8.79. The molecule has 1 fully saturated rings. The molecule has 1 aliphatic carbocycles. The average Bonchev–Trinajstić information content (AvgIpc) is 3.60. The smallest absolute Gasteiger partial charge is 0.168 e. The van der Waals surface area contributed by atoms with E-state index in [1.807, 2.05) is 65.3 Å². The Bertz CT molecular complexity index is 1400. The lowest BCUT2D eigenvalue weighted by atomic mass is 10.1. The van der Waals surface area contributed by atoms with Gasteiger partial charge in [-0.3, -0.25) is 4.57 Å². The van der Waals surface area contributed by atoms with Crippen LogP contribution in [0.1, 0.15) is 29.8 Å². The highest BCUT2D eigenvalue weighted by Crippen LogP contribution is 2.36. The molecular formula is C27H22FN3O2. The highest BCUT2D eigenvalue weighted by Gasteiger charge is 2.23. The van der Waals surface area contributed by atoms with E-state index in [0.29, 0.717) is 35.5 Å². The van der Waals surface area contributed by atoms with E-state index in [0.717, 1.165) is 16.6 Å². The Balaban J connectivity index is 1.59. The number of hydrogen-bond donors (Lipinski definition) is 0. The maximum absolute atomic E-state index is 14.0. The minimum Gasteiger partial charge on any atom is -0.493 e. The first-order chi connectivity index (χ1) is 16.2. The van der Waals surface area contributed by atoms with Crippen LogP contribution in [0.5, 0.6) is 11.5 Å². The number of halogens is 1. The number of methoxy groups -OCH3 is 1. The molecule has 0 N–H and O–H groups in total. The lowest BCUT2D eigenvalue weighted by molar-refractivity contribution is 0.280. The quantitative estimate of drug-likeness (QED) is 0.354. The summed E-state index contributed by atoms with van der Waals surface area (Å²) in [6.45, 7) is 0.673. The van der Waals surface area contributed by atoms with Crippen LogP contribution in [-0.4, -0.2) is 23.3 Å². The minimum atomic E-state index is -0.545. The number of nitrogens with zero attached hydrogens (tertiary/aromatic N) is 3. The maximum atomic E-state index is 14.0. The van der Waals surface area contributed by atoms with Crippen LogP contribution < -0.4 is 9.47 Å². The molecule has 0 bridgehead atoms. The third-order valence-corrected chi connectivity index (χ3v) is 5.72. The SMILES string of the molecule is COc1cccc(C=Cc2nc3ccccc3n2-c2ccc(F)c(C#N)c2)c1OCC1CC1. The second-order valence-corrected chi connectivity index (χ2v) is 8.04. The number of aromatic nitrogens is 2. The van der Waals surface area contributed by atoms with Gasteiger partial charge in [-0.2, -0.15) is 5.26 Å². The fourth-order valence-electron chi connectivity index (χ4n) is 3.80. The molecule has 1 aromatic heterocycles. The number of benzene rings is 3. The molecule has 1 saturated carbocycles. The summed E-state index contributed by atoms with van der Waals surface area (Å²) in [6.07, 6.45) is 6.24. The highest BCUT2D eigenvalue weighted by atomic mass is 19.1. The van der Waals surface area contributed by atoms with E-state index in [4.69, 9.17) is 14.5 Å². The zero-order valence-corrected chi connectivity index (χ0v) is 18.2. The van der Waals surface area contributed by atoms with Gasteiger partial charge in [-0.25, -0.2) is 9.37 Å². The number of para-hydroxylation sites is 3. The Morgan fingerprint density at radius 2 is 1.97 bits per heavy atom. The Kier molecular flexibility index (Phi) is 5.54. The molecule has 0 amide bonds. The van der Waals surface area contributed by atoms with Crippen molar-refractivity contribution in [3.8, 4) is 23.3 Å². The van der Waals surface area contributed by atoms with Crippen molar-refractivity contribution in [2.75, 3.05) is 13.7 Å². The van der Waals surface area contributed by atoms with Gasteiger partial charge in [0.05, 0.1) is 30.3 Å². The predicted octanol–water partition coefficient (Wildman–Crippen LogP) is 6.00. The number of hydrogen-bond acceptors (Lipinski definition) is 4. The zero-order valence-electron chi connectivity index (χ0n) is 18.2. The highest BCUT2D eigenvalue weighted by molar-refractivity contribution is 5.83. The molecule has 33 heavy (non-hydrogen) atoms. The molecule has 0 atom stereocenters. The van der Waals surface area contributed by atoms with Crippen LogP contribution in [0.4, 0.5) is 4.39 Å². The minimum absolute atomic E-state index is 0.0104. The molecular weight excluding hydrogens is 417 g/mol. The molecule has 6 heteroatoms. The van der Waals surface area contributed by atoms with E-state index in [-0.39, 0.29) is 5.56 Å². The van der Waals surface area contributed by atoms with Crippen molar-refractivity contribution < 1.29 is 13.9 Å². The van der Waals surface area contributed by atoms with Crippen molar-refractivity contribution in [2.45, 2.75) is 12.8 Å². The van der Waals surface area contributed by atoms with Gasteiger partial charge in [0, 0.05) is 11.3 Å². The molecule has 0 unspecified atom stereocenters. The molecule has 3 aromatic carbocycles. The monoisotopic (exact) mass is 439 g/mol.